The van der Waals surface area contributed by atoms with Crippen LogP contribution < -0.4 is 10.2 Å². The van der Waals surface area contributed by atoms with E-state index in [4.69, 9.17) is 4.74 Å². The number of para-hydroxylation sites is 1. The Kier molecular flexibility index (Phi) is 6.15. The lowest BCUT2D eigenvalue weighted by atomic mass is 9.92. The van der Waals surface area contributed by atoms with Gasteiger partial charge in [-0.05, 0) is 31.5 Å². The number of esters is 1. The maximum atomic E-state index is 12.8. The summed E-state index contributed by atoms with van der Waals surface area (Å²) in [5.41, 5.74) is 0.0328. The van der Waals surface area contributed by atoms with Crippen molar-refractivity contribution in [3.63, 3.8) is 0 Å². The van der Waals surface area contributed by atoms with Crippen LogP contribution in [0.1, 0.15) is 19.4 Å². The van der Waals surface area contributed by atoms with Crippen molar-refractivity contribution in [2.24, 2.45) is 0 Å². The third-order valence-electron chi connectivity index (χ3n) is 4.96. The first-order valence-electron chi connectivity index (χ1n) is 9.57. The first-order valence-corrected chi connectivity index (χ1v) is 9.57. The maximum absolute atomic E-state index is 12.8. The van der Waals surface area contributed by atoms with Crippen molar-refractivity contribution < 1.29 is 23.9 Å². The molecule has 0 unspecified atom stereocenters. The summed E-state index contributed by atoms with van der Waals surface area (Å²) in [4.78, 5) is 52.0. The molecule has 0 bridgehead atoms. The second kappa shape index (κ2) is 8.77. The molecule has 0 spiro atoms. The van der Waals surface area contributed by atoms with E-state index in [2.05, 4.69) is 5.32 Å². The van der Waals surface area contributed by atoms with E-state index in [-0.39, 0.29) is 0 Å². The monoisotopic (exact) mass is 409 g/mol. The third-order valence-corrected chi connectivity index (χ3v) is 4.96. The molecule has 1 aliphatic heterocycles. The molecule has 156 valence electrons. The number of anilines is 1. The Morgan fingerprint density at radius 2 is 1.63 bits per heavy atom. The zero-order valence-corrected chi connectivity index (χ0v) is 16.8. The minimum atomic E-state index is -1.26. The Bertz CT molecular complexity index is 948. The van der Waals surface area contributed by atoms with Crippen LogP contribution in [0.15, 0.2) is 60.7 Å². The predicted molar refractivity (Wildman–Crippen MR) is 109 cm³/mol. The minimum absolute atomic E-state index is 0.400. The number of benzene rings is 2. The smallest absolute Gasteiger partial charge is 0.326 e. The van der Waals surface area contributed by atoms with Gasteiger partial charge in [0.15, 0.2) is 6.61 Å². The van der Waals surface area contributed by atoms with Gasteiger partial charge in [-0.1, -0.05) is 48.5 Å². The molecule has 2 aromatic carbocycles. The van der Waals surface area contributed by atoms with Gasteiger partial charge in [-0.2, -0.15) is 0 Å². The summed E-state index contributed by atoms with van der Waals surface area (Å²) < 4.78 is 5.04. The number of hydrogen-bond donors (Lipinski definition) is 1. The van der Waals surface area contributed by atoms with E-state index in [0.717, 1.165) is 4.90 Å². The highest BCUT2D eigenvalue weighted by Gasteiger charge is 2.49. The van der Waals surface area contributed by atoms with Gasteiger partial charge in [0.1, 0.15) is 12.1 Å². The van der Waals surface area contributed by atoms with Crippen LogP contribution in [0.5, 0.6) is 0 Å². The molecule has 3 rings (SSSR count). The van der Waals surface area contributed by atoms with Gasteiger partial charge in [0.2, 0.25) is 0 Å². The Morgan fingerprint density at radius 3 is 2.23 bits per heavy atom. The fraction of sp³-hybridized carbons (Fsp3) is 0.273. The van der Waals surface area contributed by atoms with E-state index >= 15 is 0 Å². The molecule has 0 aromatic heterocycles. The molecular formula is C22H23N3O5. The molecule has 0 radical (unpaired) electrons. The number of rotatable bonds is 7. The van der Waals surface area contributed by atoms with E-state index in [1.54, 1.807) is 61.5 Å². The van der Waals surface area contributed by atoms with Crippen molar-refractivity contribution in [3.8, 4) is 0 Å². The van der Waals surface area contributed by atoms with Crippen LogP contribution in [-0.2, 0) is 24.7 Å². The number of nitrogens with zero attached hydrogens (tertiary/aromatic N) is 2. The number of amides is 4. The van der Waals surface area contributed by atoms with E-state index in [9.17, 15) is 19.2 Å². The Labute approximate surface area is 174 Å². The van der Waals surface area contributed by atoms with Gasteiger partial charge in [0, 0.05) is 12.2 Å². The molecule has 4 amide bonds. The van der Waals surface area contributed by atoms with Gasteiger partial charge in [-0.25, -0.2) is 4.79 Å². The summed E-state index contributed by atoms with van der Waals surface area (Å²) in [6.07, 6.45) is 0. The summed E-state index contributed by atoms with van der Waals surface area (Å²) in [5, 5.41) is 2.62. The summed E-state index contributed by atoms with van der Waals surface area (Å²) in [6, 6.07) is 17.1. The van der Waals surface area contributed by atoms with E-state index in [1.807, 2.05) is 13.0 Å². The number of ether oxygens (including phenoxy) is 1. The summed E-state index contributed by atoms with van der Waals surface area (Å²) >= 11 is 0. The number of urea groups is 1. The molecule has 8 nitrogen and oxygen atoms in total. The van der Waals surface area contributed by atoms with Gasteiger partial charge >= 0.3 is 12.0 Å². The zero-order chi connectivity index (χ0) is 21.7. The molecule has 2 aromatic rings. The lowest BCUT2D eigenvalue weighted by Crippen LogP contribution is -2.42. The number of carbonyl (C=O) groups excluding carboxylic acids is 4. The molecule has 0 aliphatic carbocycles. The normalized spacial score (nSPS) is 18.1. The highest BCUT2D eigenvalue weighted by Crippen LogP contribution is 2.28. The van der Waals surface area contributed by atoms with E-state index in [0.29, 0.717) is 17.8 Å². The minimum Gasteiger partial charge on any atom is -0.454 e. The van der Waals surface area contributed by atoms with Crippen LogP contribution in [0.3, 0.4) is 0 Å². The number of nitrogens with one attached hydrogen (secondary N) is 1. The van der Waals surface area contributed by atoms with Crippen LogP contribution in [0.25, 0.3) is 0 Å². The third kappa shape index (κ3) is 4.17. The molecule has 1 aliphatic rings. The molecule has 0 saturated carbocycles. The fourth-order valence-electron chi connectivity index (χ4n) is 3.31. The average Bonchev–Trinajstić information content (AvgIpc) is 2.98. The molecule has 30 heavy (non-hydrogen) atoms. The topological polar surface area (TPSA) is 96.0 Å². The van der Waals surface area contributed by atoms with Gasteiger partial charge in [-0.15, -0.1) is 0 Å². The largest absolute Gasteiger partial charge is 0.454 e. The van der Waals surface area contributed by atoms with E-state index in [1.165, 1.54) is 4.90 Å². The average molecular weight is 409 g/mol. The highest BCUT2D eigenvalue weighted by atomic mass is 16.5. The van der Waals surface area contributed by atoms with Crippen LogP contribution >= 0.6 is 0 Å². The standard InChI is InChI=1S/C22H23N3O5/c1-3-24(17-12-8-5-9-13-17)18(26)15-30-19(27)14-25-20(28)22(2,23-21(25)29)16-10-6-4-7-11-16/h4-13H,3,14-15H2,1-2H3,(H,23,29)/t22-/m0/s1. The molecular weight excluding hydrogens is 386 g/mol. The second-order valence-corrected chi connectivity index (χ2v) is 6.95. The first-order chi connectivity index (χ1) is 14.4. The Morgan fingerprint density at radius 1 is 1.03 bits per heavy atom. The second-order valence-electron chi connectivity index (χ2n) is 6.95. The lowest BCUT2D eigenvalue weighted by Gasteiger charge is -2.22. The van der Waals surface area contributed by atoms with Crippen molar-refractivity contribution in [1.29, 1.82) is 0 Å². The molecule has 1 heterocycles. The zero-order valence-electron chi connectivity index (χ0n) is 16.8. The van der Waals surface area contributed by atoms with Crippen molar-refractivity contribution >= 4 is 29.5 Å². The van der Waals surface area contributed by atoms with Crippen LogP contribution in [0.2, 0.25) is 0 Å². The van der Waals surface area contributed by atoms with Crippen molar-refractivity contribution in [3.05, 3.63) is 66.2 Å². The number of carbonyl (C=O) groups is 4. The van der Waals surface area contributed by atoms with Crippen molar-refractivity contribution in [1.82, 2.24) is 10.2 Å². The highest BCUT2D eigenvalue weighted by molar-refractivity contribution is 6.09. The quantitative estimate of drug-likeness (QED) is 0.558. The summed E-state index contributed by atoms with van der Waals surface area (Å²) in [6.45, 7) is 2.74. The number of hydrogen-bond acceptors (Lipinski definition) is 5. The molecule has 1 atom stereocenters. The van der Waals surface area contributed by atoms with E-state index < -0.39 is 42.5 Å². The van der Waals surface area contributed by atoms with Crippen LogP contribution in [-0.4, -0.2) is 48.4 Å². The van der Waals surface area contributed by atoms with Gasteiger partial charge < -0.3 is 15.0 Å². The van der Waals surface area contributed by atoms with Gasteiger partial charge in [0.25, 0.3) is 11.8 Å². The van der Waals surface area contributed by atoms with Crippen molar-refractivity contribution in [2.45, 2.75) is 19.4 Å². The van der Waals surface area contributed by atoms with Gasteiger partial charge in [-0.3, -0.25) is 19.3 Å². The first kappa shape index (κ1) is 21.0. The van der Waals surface area contributed by atoms with Crippen LogP contribution in [0.4, 0.5) is 10.5 Å². The number of imide groups is 1. The molecule has 1 fully saturated rings. The lowest BCUT2D eigenvalue weighted by molar-refractivity contribution is -0.150. The Hall–Kier alpha value is -3.68. The fourth-order valence-corrected chi connectivity index (χ4v) is 3.31. The van der Waals surface area contributed by atoms with Crippen molar-refractivity contribution in [2.75, 3.05) is 24.6 Å². The number of likely N-dealkylation sites (N-methyl/N-ethyl adjacent to an activating group) is 1. The maximum Gasteiger partial charge on any atom is 0.326 e. The molecule has 1 saturated heterocycles. The predicted octanol–water partition coefficient (Wildman–Crippen LogP) is 2.05. The Balaban J connectivity index is 1.60. The molecule has 8 heteroatoms. The SMILES string of the molecule is CCN(C(=O)COC(=O)CN1C(=O)N[C@@](C)(c2ccccc2)C1=O)c1ccccc1. The molecule has 1 N–H and O–H groups in total. The van der Waals surface area contributed by atoms with Gasteiger partial charge in [0.05, 0.1) is 0 Å². The van der Waals surface area contributed by atoms with Crippen LogP contribution in [0, 0.1) is 0 Å². The summed E-state index contributed by atoms with van der Waals surface area (Å²) in [7, 11) is 0. The summed E-state index contributed by atoms with van der Waals surface area (Å²) in [5.74, 6) is -1.79.